The van der Waals surface area contributed by atoms with Gasteiger partial charge < -0.3 is 9.47 Å². The molecule has 0 radical (unpaired) electrons. The van der Waals surface area contributed by atoms with Crippen molar-refractivity contribution in [2.45, 2.75) is 32.3 Å². The topological polar surface area (TPSA) is 35.5 Å². The standard InChI is InChI=1S/C14H18O3/c1-11-5-4-6-12(9-11)14(15)17-10-13-7-2-3-8-16-13/h4-6,9,13H,2-3,7-8,10H2,1H3. The molecule has 1 aliphatic heterocycles. The summed E-state index contributed by atoms with van der Waals surface area (Å²) < 4.78 is 10.8. The number of hydrogen-bond acceptors (Lipinski definition) is 3. The van der Waals surface area contributed by atoms with Gasteiger partial charge in [-0.25, -0.2) is 4.79 Å². The summed E-state index contributed by atoms with van der Waals surface area (Å²) in [6.07, 6.45) is 3.34. The van der Waals surface area contributed by atoms with E-state index in [0.29, 0.717) is 12.2 Å². The van der Waals surface area contributed by atoms with Crippen molar-refractivity contribution in [1.29, 1.82) is 0 Å². The van der Waals surface area contributed by atoms with E-state index in [9.17, 15) is 4.79 Å². The van der Waals surface area contributed by atoms with Crippen LogP contribution in [0, 0.1) is 6.92 Å². The number of esters is 1. The zero-order chi connectivity index (χ0) is 12.1. The van der Waals surface area contributed by atoms with Gasteiger partial charge in [-0.15, -0.1) is 0 Å². The Bertz CT molecular complexity index is 381. The van der Waals surface area contributed by atoms with Gasteiger partial charge in [0.2, 0.25) is 0 Å². The van der Waals surface area contributed by atoms with Crippen molar-refractivity contribution in [1.82, 2.24) is 0 Å². The molecule has 17 heavy (non-hydrogen) atoms. The third kappa shape index (κ3) is 3.56. The molecule has 0 amide bonds. The Hall–Kier alpha value is -1.35. The van der Waals surface area contributed by atoms with Gasteiger partial charge in [0.15, 0.2) is 0 Å². The van der Waals surface area contributed by atoms with Gasteiger partial charge in [0.05, 0.1) is 11.7 Å². The molecule has 1 atom stereocenters. The fourth-order valence-corrected chi connectivity index (χ4v) is 1.96. The average molecular weight is 234 g/mol. The molecule has 2 rings (SSSR count). The van der Waals surface area contributed by atoms with E-state index >= 15 is 0 Å². The Morgan fingerprint density at radius 1 is 1.47 bits per heavy atom. The van der Waals surface area contributed by atoms with Crippen LogP contribution in [0.25, 0.3) is 0 Å². The van der Waals surface area contributed by atoms with Gasteiger partial charge in [0, 0.05) is 6.61 Å². The van der Waals surface area contributed by atoms with Gasteiger partial charge in [-0.3, -0.25) is 0 Å². The van der Waals surface area contributed by atoms with Crippen LogP contribution in [0.1, 0.15) is 35.2 Å². The first kappa shape index (κ1) is 12.1. The fraction of sp³-hybridized carbons (Fsp3) is 0.500. The van der Waals surface area contributed by atoms with Crippen molar-refractivity contribution in [3.63, 3.8) is 0 Å². The van der Waals surface area contributed by atoms with Gasteiger partial charge in [-0.05, 0) is 38.3 Å². The second-order valence-electron chi connectivity index (χ2n) is 4.46. The highest BCUT2D eigenvalue weighted by Crippen LogP contribution is 2.13. The molecule has 3 heteroatoms. The molecule has 1 heterocycles. The maximum absolute atomic E-state index is 11.8. The number of hydrogen-bond donors (Lipinski definition) is 0. The van der Waals surface area contributed by atoms with Crippen molar-refractivity contribution in [2.75, 3.05) is 13.2 Å². The van der Waals surface area contributed by atoms with Gasteiger partial charge in [0.25, 0.3) is 0 Å². The Balaban J connectivity index is 1.84. The molecule has 1 fully saturated rings. The van der Waals surface area contributed by atoms with Crippen molar-refractivity contribution in [3.05, 3.63) is 35.4 Å². The number of ether oxygens (including phenoxy) is 2. The molecule has 1 aliphatic rings. The van der Waals surface area contributed by atoms with E-state index in [1.54, 1.807) is 6.07 Å². The largest absolute Gasteiger partial charge is 0.459 e. The van der Waals surface area contributed by atoms with Crippen LogP contribution in [0.3, 0.4) is 0 Å². The first-order valence-electron chi connectivity index (χ1n) is 6.11. The zero-order valence-electron chi connectivity index (χ0n) is 10.1. The van der Waals surface area contributed by atoms with Crippen LogP contribution in [0.4, 0.5) is 0 Å². The highest BCUT2D eigenvalue weighted by molar-refractivity contribution is 5.89. The maximum atomic E-state index is 11.8. The molecule has 1 unspecified atom stereocenters. The van der Waals surface area contributed by atoms with Crippen molar-refractivity contribution in [2.24, 2.45) is 0 Å². The minimum Gasteiger partial charge on any atom is -0.459 e. The number of benzene rings is 1. The quantitative estimate of drug-likeness (QED) is 0.754. The van der Waals surface area contributed by atoms with Gasteiger partial charge in [-0.2, -0.15) is 0 Å². The summed E-state index contributed by atoms with van der Waals surface area (Å²) in [5, 5.41) is 0. The average Bonchev–Trinajstić information content (AvgIpc) is 2.37. The molecule has 1 aromatic rings. The lowest BCUT2D eigenvalue weighted by molar-refractivity contribution is -0.0300. The van der Waals surface area contributed by atoms with Gasteiger partial charge in [0.1, 0.15) is 6.61 Å². The summed E-state index contributed by atoms with van der Waals surface area (Å²) in [6.45, 7) is 3.11. The first-order chi connectivity index (χ1) is 8.25. The normalized spacial score (nSPS) is 19.9. The number of rotatable bonds is 3. The van der Waals surface area contributed by atoms with Gasteiger partial charge >= 0.3 is 5.97 Å². The summed E-state index contributed by atoms with van der Waals surface area (Å²) >= 11 is 0. The Morgan fingerprint density at radius 3 is 3.06 bits per heavy atom. The lowest BCUT2D eigenvalue weighted by atomic mass is 10.1. The second-order valence-corrected chi connectivity index (χ2v) is 4.46. The van der Waals surface area contributed by atoms with E-state index in [-0.39, 0.29) is 12.1 Å². The third-order valence-corrected chi connectivity index (χ3v) is 2.93. The molecule has 92 valence electrons. The molecule has 0 spiro atoms. The predicted octanol–water partition coefficient (Wildman–Crippen LogP) is 2.72. The van der Waals surface area contributed by atoms with Crippen LogP contribution in [0.5, 0.6) is 0 Å². The monoisotopic (exact) mass is 234 g/mol. The summed E-state index contributed by atoms with van der Waals surface area (Å²) in [6, 6.07) is 7.44. The minimum atomic E-state index is -0.261. The second kappa shape index (κ2) is 5.82. The molecule has 0 bridgehead atoms. The number of aryl methyl sites for hydroxylation is 1. The molecule has 0 aromatic heterocycles. The van der Waals surface area contributed by atoms with Crippen LogP contribution in [-0.2, 0) is 9.47 Å². The smallest absolute Gasteiger partial charge is 0.338 e. The number of carbonyl (C=O) groups is 1. The lowest BCUT2D eigenvalue weighted by Crippen LogP contribution is -2.25. The highest BCUT2D eigenvalue weighted by Gasteiger charge is 2.16. The van der Waals surface area contributed by atoms with Gasteiger partial charge in [-0.1, -0.05) is 17.7 Å². The van der Waals surface area contributed by atoms with E-state index in [4.69, 9.17) is 9.47 Å². The van der Waals surface area contributed by atoms with E-state index < -0.39 is 0 Å². The van der Waals surface area contributed by atoms with Crippen LogP contribution in [0.2, 0.25) is 0 Å². The fourth-order valence-electron chi connectivity index (χ4n) is 1.96. The van der Waals surface area contributed by atoms with Crippen molar-refractivity contribution in [3.8, 4) is 0 Å². The molecule has 3 nitrogen and oxygen atoms in total. The van der Waals surface area contributed by atoms with E-state index in [0.717, 1.165) is 31.4 Å². The summed E-state index contributed by atoms with van der Waals surface area (Å²) in [5.41, 5.74) is 1.68. The Kier molecular flexibility index (Phi) is 4.15. The molecule has 1 aromatic carbocycles. The molecular weight excluding hydrogens is 216 g/mol. The third-order valence-electron chi connectivity index (χ3n) is 2.93. The predicted molar refractivity (Wildman–Crippen MR) is 65.1 cm³/mol. The molecule has 0 saturated carbocycles. The highest BCUT2D eigenvalue weighted by atomic mass is 16.6. The Labute approximate surface area is 102 Å². The molecular formula is C14H18O3. The molecule has 0 N–H and O–H groups in total. The van der Waals surface area contributed by atoms with E-state index in [2.05, 4.69) is 0 Å². The SMILES string of the molecule is Cc1cccc(C(=O)OCC2CCCCO2)c1. The van der Waals surface area contributed by atoms with Crippen LogP contribution in [-0.4, -0.2) is 25.3 Å². The molecule has 0 aliphatic carbocycles. The van der Waals surface area contributed by atoms with Crippen LogP contribution in [0.15, 0.2) is 24.3 Å². The minimum absolute atomic E-state index is 0.0810. The summed E-state index contributed by atoms with van der Waals surface area (Å²) in [7, 11) is 0. The van der Waals surface area contributed by atoms with Crippen LogP contribution < -0.4 is 0 Å². The Morgan fingerprint density at radius 2 is 2.35 bits per heavy atom. The maximum Gasteiger partial charge on any atom is 0.338 e. The lowest BCUT2D eigenvalue weighted by Gasteiger charge is -2.22. The zero-order valence-corrected chi connectivity index (χ0v) is 10.1. The first-order valence-corrected chi connectivity index (χ1v) is 6.11. The summed E-state index contributed by atoms with van der Waals surface area (Å²) in [4.78, 5) is 11.8. The summed E-state index contributed by atoms with van der Waals surface area (Å²) in [5.74, 6) is -0.261. The molecule has 1 saturated heterocycles. The van der Waals surface area contributed by atoms with E-state index in [1.807, 2.05) is 25.1 Å². The van der Waals surface area contributed by atoms with Crippen LogP contribution >= 0.6 is 0 Å². The number of carbonyl (C=O) groups excluding carboxylic acids is 1. The van der Waals surface area contributed by atoms with E-state index in [1.165, 1.54) is 0 Å². The van der Waals surface area contributed by atoms with Crippen molar-refractivity contribution < 1.29 is 14.3 Å². The van der Waals surface area contributed by atoms with Crippen molar-refractivity contribution >= 4 is 5.97 Å².